The van der Waals surface area contributed by atoms with Gasteiger partial charge in [0.1, 0.15) is 0 Å². The third kappa shape index (κ3) is 93.7. The molecule has 4 nitrogen and oxygen atoms in total. The van der Waals surface area contributed by atoms with E-state index in [2.05, 4.69) is 0 Å². The zero-order valence-corrected chi connectivity index (χ0v) is 10.00. The molecule has 0 heterocycles. The molecule has 2 radical (unpaired) electrons. The van der Waals surface area contributed by atoms with Crippen molar-refractivity contribution in [1.29, 1.82) is 0 Å². The second-order valence-corrected chi connectivity index (χ2v) is 0.224. The summed E-state index contributed by atoms with van der Waals surface area (Å²) in [6.07, 6.45) is 0. The van der Waals surface area contributed by atoms with Gasteiger partial charge in [0.05, 0.1) is 5.09 Å². The number of rotatable bonds is 0. The molecule has 0 aliphatic heterocycles. The predicted molar refractivity (Wildman–Crippen MR) is 26.9 cm³/mol. The van der Waals surface area contributed by atoms with Gasteiger partial charge in [-0.05, 0) is 0 Å². The molecule has 0 aromatic heterocycles. The summed E-state index contributed by atoms with van der Waals surface area (Å²) in [4.78, 5) is 8.25. The molecule has 34 valence electrons. The molecular weight excluding hydrogens is 294 g/mol. The molecule has 6 heteroatoms. The van der Waals surface area contributed by atoms with Crippen molar-refractivity contribution >= 4 is 50.4 Å². The van der Waals surface area contributed by atoms with E-state index in [1.807, 2.05) is 0 Å². The Bertz CT molecular complexity index is 40.3. The first-order chi connectivity index (χ1) is 1.73. The van der Waals surface area contributed by atoms with Gasteiger partial charge in [-0.15, -0.1) is 0 Å². The summed E-state index contributed by atoms with van der Waals surface area (Å²) in [5.74, 6) is 0. The van der Waals surface area contributed by atoms with Gasteiger partial charge in [-0.1, -0.05) is 0 Å². The van der Waals surface area contributed by atoms with Crippen LogP contribution in [0.4, 0.5) is 0 Å². The van der Waals surface area contributed by atoms with Crippen LogP contribution >= 0.6 is 0 Å². The summed E-state index contributed by atoms with van der Waals surface area (Å²) < 4.78 is 0. The molecule has 0 rings (SSSR count). The molecule has 0 atom stereocenters. The molecule has 0 spiro atoms. The molecule has 0 aliphatic rings. The Morgan fingerprint density at radius 2 is 1.50 bits per heavy atom. The Morgan fingerprint density at radius 3 is 1.50 bits per heavy atom. The summed E-state index contributed by atoms with van der Waals surface area (Å²) in [6.45, 7) is 0. The first-order valence-corrected chi connectivity index (χ1v) is 0.548. The minimum absolute atomic E-state index is 0. The average molecular weight is 298 g/mol. The molecule has 0 bridgehead atoms. The van der Waals surface area contributed by atoms with Crippen LogP contribution in [0.5, 0.6) is 0 Å². The summed E-state index contributed by atoms with van der Waals surface area (Å²) in [5.41, 5.74) is 0. The average Bonchev–Trinajstić information content (AvgIpc) is 0.811. The van der Waals surface area contributed by atoms with E-state index in [0.29, 0.717) is 0 Å². The van der Waals surface area contributed by atoms with E-state index in [0.717, 1.165) is 0 Å². The first-order valence-electron chi connectivity index (χ1n) is 0.548. The summed E-state index contributed by atoms with van der Waals surface area (Å²) in [6, 6.07) is 0. The minimum atomic E-state index is -1.75. The normalized spacial score (nSPS) is 4.00. The van der Waals surface area contributed by atoms with E-state index in [-0.39, 0.29) is 53.2 Å². The van der Waals surface area contributed by atoms with Gasteiger partial charge in [0.2, 0.25) is 0 Å². The van der Waals surface area contributed by atoms with Crippen molar-refractivity contribution in [2.75, 3.05) is 0 Å². The molecular formula is H4MgNO3Pb-. The fourth-order valence-electron chi connectivity index (χ4n) is 0. The van der Waals surface area contributed by atoms with Gasteiger partial charge in [-0.2, -0.15) is 0 Å². The number of nitrogens with zero attached hydrogens (tertiary/aromatic N) is 1. The molecule has 0 fully saturated rings. The van der Waals surface area contributed by atoms with Gasteiger partial charge in [-0.3, -0.25) is 0 Å². The second kappa shape index (κ2) is 9.31. The van der Waals surface area contributed by atoms with Gasteiger partial charge >= 0.3 is 50.4 Å². The van der Waals surface area contributed by atoms with Crippen molar-refractivity contribution in [3.8, 4) is 0 Å². The van der Waals surface area contributed by atoms with Crippen molar-refractivity contribution in [1.82, 2.24) is 0 Å². The predicted octanol–water partition coefficient (Wildman–Crippen LogP) is -1.31. The van der Waals surface area contributed by atoms with Crippen LogP contribution in [0, 0.1) is 15.3 Å². The fourth-order valence-corrected chi connectivity index (χ4v) is 0. The summed E-state index contributed by atoms with van der Waals surface area (Å²) in [5, 5.41) is 14.8. The van der Waals surface area contributed by atoms with Gasteiger partial charge in [0.25, 0.3) is 0 Å². The first kappa shape index (κ1) is 15.8. The molecule has 6 heavy (non-hydrogen) atoms. The van der Waals surface area contributed by atoms with Crippen LogP contribution in [0.2, 0.25) is 0 Å². The quantitative estimate of drug-likeness (QED) is 0.317. The molecule has 0 amide bonds. The Hall–Kier alpha value is 0.888. The van der Waals surface area contributed by atoms with Crippen molar-refractivity contribution in [2.45, 2.75) is 0 Å². The van der Waals surface area contributed by atoms with Crippen LogP contribution < -0.4 is 0 Å². The van der Waals surface area contributed by atoms with Crippen LogP contribution in [-0.2, 0) is 0 Å². The van der Waals surface area contributed by atoms with E-state index in [9.17, 15) is 0 Å². The molecule has 0 N–H and O–H groups in total. The van der Waals surface area contributed by atoms with Crippen LogP contribution in [0.1, 0.15) is 2.85 Å². The zero-order chi connectivity index (χ0) is 3.58. The number of hydrogen-bond acceptors (Lipinski definition) is 3. The molecule has 0 aromatic carbocycles. The van der Waals surface area contributed by atoms with Crippen molar-refractivity contribution in [2.24, 2.45) is 0 Å². The van der Waals surface area contributed by atoms with Crippen molar-refractivity contribution in [3.05, 3.63) is 15.3 Å². The van der Waals surface area contributed by atoms with Crippen molar-refractivity contribution < 1.29 is 7.94 Å². The van der Waals surface area contributed by atoms with Crippen molar-refractivity contribution in [3.63, 3.8) is 0 Å². The molecule has 0 aliphatic carbocycles. The third-order valence-electron chi connectivity index (χ3n) is 0. The molecule has 0 saturated heterocycles. The zero-order valence-electron chi connectivity index (χ0n) is 5.09. The maximum absolute atomic E-state index is 8.25. The standard InChI is InChI=1S/Mg.NO3.Pb.4H/c;2-1(3)4;;;;;/q+2;-1;;;;2*-1. The van der Waals surface area contributed by atoms with E-state index < -0.39 is 5.09 Å². The molecule has 0 aromatic rings. The Balaban J connectivity index is -0.00000000750. The topological polar surface area (TPSA) is 66.2 Å². The van der Waals surface area contributed by atoms with Gasteiger partial charge in [0.15, 0.2) is 0 Å². The van der Waals surface area contributed by atoms with E-state index in [1.54, 1.807) is 0 Å². The number of hydrogen-bond donors (Lipinski definition) is 0. The van der Waals surface area contributed by atoms with E-state index >= 15 is 0 Å². The van der Waals surface area contributed by atoms with E-state index in [4.69, 9.17) is 15.3 Å². The van der Waals surface area contributed by atoms with Gasteiger partial charge < -0.3 is 18.2 Å². The Labute approximate surface area is 73.3 Å². The van der Waals surface area contributed by atoms with Crippen LogP contribution in [0.25, 0.3) is 0 Å². The van der Waals surface area contributed by atoms with Gasteiger partial charge in [-0.25, -0.2) is 0 Å². The Morgan fingerprint density at radius 1 is 1.50 bits per heavy atom. The van der Waals surface area contributed by atoms with E-state index in [1.165, 1.54) is 0 Å². The second-order valence-electron chi connectivity index (χ2n) is 0.224. The van der Waals surface area contributed by atoms with Crippen LogP contribution in [0.15, 0.2) is 0 Å². The third-order valence-corrected chi connectivity index (χ3v) is 0. The van der Waals surface area contributed by atoms with Gasteiger partial charge in [0, 0.05) is 0 Å². The Kier molecular flexibility index (Phi) is 24.5. The summed E-state index contributed by atoms with van der Waals surface area (Å²) in [7, 11) is 0. The van der Waals surface area contributed by atoms with Crippen LogP contribution in [0.3, 0.4) is 0 Å². The van der Waals surface area contributed by atoms with Crippen LogP contribution in [-0.4, -0.2) is 55.4 Å². The summed E-state index contributed by atoms with van der Waals surface area (Å²) >= 11 is 0. The molecule has 0 unspecified atom stereocenters. The monoisotopic (exact) mass is 298 g/mol. The fraction of sp³-hybridized carbons (Fsp3) is 0. The molecule has 0 saturated carbocycles. The maximum atomic E-state index is 8.25. The SMILES string of the molecule is O=[N+]([O-])[O-].[H-].[H-].[Mg+2].[PbH2].